The van der Waals surface area contributed by atoms with E-state index < -0.39 is 76.7 Å². The third-order valence-corrected chi connectivity index (χ3v) is 9.84. The number of hydrogen-bond acceptors (Lipinski definition) is 12. The number of allylic oxidation sites excluding steroid dienone is 12. The van der Waals surface area contributed by atoms with Gasteiger partial charge in [0.2, 0.25) is 0 Å². The zero-order chi connectivity index (χ0) is 44.5. The van der Waals surface area contributed by atoms with Gasteiger partial charge >= 0.3 is 19.8 Å². The van der Waals surface area contributed by atoms with Crippen molar-refractivity contribution in [1.29, 1.82) is 0 Å². The molecule has 0 aromatic rings. The van der Waals surface area contributed by atoms with Gasteiger partial charge in [0.05, 0.1) is 38.1 Å². The molecule has 0 amide bonds. The number of hydrogen-bond donors (Lipinski definition) is 6. The maximum atomic E-state index is 12.6. The molecule has 0 spiro atoms. The van der Waals surface area contributed by atoms with E-state index >= 15 is 0 Å². The summed E-state index contributed by atoms with van der Waals surface area (Å²) in [6, 6.07) is 0. The number of aliphatic hydroxyl groups excluding tert-OH is 5. The molecule has 13 nitrogen and oxygen atoms in total. The van der Waals surface area contributed by atoms with E-state index in [4.69, 9.17) is 19.1 Å². The van der Waals surface area contributed by atoms with Gasteiger partial charge in [-0.15, -0.1) is 0 Å². The van der Waals surface area contributed by atoms with Crippen molar-refractivity contribution in [3.05, 3.63) is 85.1 Å². The molecule has 0 rings (SSSR count). The zero-order valence-electron chi connectivity index (χ0n) is 36.2. The van der Waals surface area contributed by atoms with Crippen LogP contribution < -0.4 is 0 Å². The fourth-order valence-electron chi connectivity index (χ4n) is 5.32. The Bertz CT molecular complexity index is 1320. The second kappa shape index (κ2) is 40.1. The maximum absolute atomic E-state index is 12.6. The Morgan fingerprint density at radius 3 is 1.80 bits per heavy atom. The van der Waals surface area contributed by atoms with Gasteiger partial charge in [-0.3, -0.25) is 18.6 Å². The lowest BCUT2D eigenvalue weighted by atomic mass is 10.1. The lowest BCUT2D eigenvalue weighted by Crippen LogP contribution is -2.30. The Labute approximate surface area is 359 Å². The molecule has 0 aromatic carbocycles. The highest BCUT2D eigenvalue weighted by atomic mass is 31.2. The van der Waals surface area contributed by atoms with Gasteiger partial charge < -0.3 is 39.9 Å². The van der Waals surface area contributed by atoms with E-state index in [1.165, 1.54) is 25.3 Å². The van der Waals surface area contributed by atoms with Crippen molar-refractivity contribution in [3.63, 3.8) is 0 Å². The van der Waals surface area contributed by atoms with Gasteiger partial charge in [-0.05, 0) is 64.2 Å². The number of aliphatic hydroxyl groups is 5. The number of carbonyl (C=O) groups excluding carboxylic acids is 2. The van der Waals surface area contributed by atoms with Gasteiger partial charge in [-0.25, -0.2) is 4.57 Å². The van der Waals surface area contributed by atoms with E-state index in [1.54, 1.807) is 42.5 Å². The summed E-state index contributed by atoms with van der Waals surface area (Å²) in [5, 5.41) is 48.8. The minimum absolute atomic E-state index is 0.0802. The highest BCUT2D eigenvalue weighted by Crippen LogP contribution is 2.43. The second-order valence-electron chi connectivity index (χ2n) is 14.6. The van der Waals surface area contributed by atoms with Crippen LogP contribution in [0.4, 0.5) is 0 Å². The van der Waals surface area contributed by atoms with Crippen molar-refractivity contribution < 1.29 is 63.1 Å². The quantitative estimate of drug-likeness (QED) is 0.0113. The summed E-state index contributed by atoms with van der Waals surface area (Å²) >= 11 is 0. The minimum atomic E-state index is -4.71. The van der Waals surface area contributed by atoms with Crippen LogP contribution in [0.25, 0.3) is 0 Å². The zero-order valence-corrected chi connectivity index (χ0v) is 37.1. The summed E-state index contributed by atoms with van der Waals surface area (Å²) in [6.45, 7) is 1.81. The van der Waals surface area contributed by atoms with Crippen molar-refractivity contribution in [1.82, 2.24) is 0 Å². The van der Waals surface area contributed by atoms with Gasteiger partial charge in [0.1, 0.15) is 12.7 Å². The lowest BCUT2D eigenvalue weighted by molar-refractivity contribution is -0.161. The first-order valence-corrected chi connectivity index (χ1v) is 23.4. The molecule has 0 aromatic heterocycles. The molecule has 0 saturated carbocycles. The van der Waals surface area contributed by atoms with Gasteiger partial charge in [0.15, 0.2) is 6.10 Å². The van der Waals surface area contributed by atoms with Crippen molar-refractivity contribution >= 4 is 19.8 Å². The molecule has 0 aliphatic carbocycles. The van der Waals surface area contributed by atoms with Crippen LogP contribution in [0.15, 0.2) is 85.1 Å². The molecule has 0 aliphatic heterocycles. The van der Waals surface area contributed by atoms with Crippen LogP contribution in [0.1, 0.15) is 136 Å². The molecule has 0 fully saturated rings. The molecular weight excluding hydrogens is 791 g/mol. The number of phosphoric ester groups is 1. The minimum Gasteiger partial charge on any atom is -0.462 e. The topological polar surface area (TPSA) is 210 Å². The average Bonchev–Trinajstić information content (AvgIpc) is 3.22. The van der Waals surface area contributed by atoms with Crippen LogP contribution in [0.2, 0.25) is 0 Å². The molecule has 14 heteroatoms. The summed E-state index contributed by atoms with van der Waals surface area (Å²) in [7, 11) is -4.71. The standard InChI is InChI=1S/C46H77O13P/c1-3-5-7-8-9-10-11-12-13-14-15-16-17-18-19-24-28-34-46(53)59-42(39-58-60(54,55)57-37-41(49)36-47)38-56-45(52)35-29-33-44(51)43(50)32-27-23-21-20-22-26-31-40(48)30-25-6-4-2/h9-10,12-13,15-16,20-23,26-27,31-32,40-44,47-51H,3-8,11,14,17-19,24-25,28-30,33-39H2,1-2H3,(H,54,55)/b10-9-,13-12-,16-15-,22-20-,23-21+,31-26+,32-27+/t40-,41+,42-,43-,44-/m1/s1. The first kappa shape index (κ1) is 57.0. The maximum Gasteiger partial charge on any atom is 0.472 e. The molecule has 0 aliphatic rings. The number of carbonyl (C=O) groups is 2. The number of esters is 2. The molecule has 6 atom stereocenters. The highest BCUT2D eigenvalue weighted by molar-refractivity contribution is 7.47. The molecule has 0 radical (unpaired) electrons. The Kier molecular flexibility index (Phi) is 38.1. The van der Waals surface area contributed by atoms with Crippen LogP contribution in [0.5, 0.6) is 0 Å². The van der Waals surface area contributed by atoms with Crippen LogP contribution >= 0.6 is 7.82 Å². The summed E-state index contributed by atoms with van der Waals surface area (Å²) < 4.78 is 32.5. The van der Waals surface area contributed by atoms with Crippen molar-refractivity contribution in [2.45, 2.75) is 166 Å². The summed E-state index contributed by atoms with van der Waals surface area (Å²) in [5.41, 5.74) is 0. The molecule has 0 heterocycles. The molecule has 1 unspecified atom stereocenters. The first-order valence-electron chi connectivity index (χ1n) is 21.9. The fraction of sp³-hybridized carbons (Fsp3) is 0.652. The first-order chi connectivity index (χ1) is 28.9. The monoisotopic (exact) mass is 869 g/mol. The molecular formula is C46H77O13P. The van der Waals surface area contributed by atoms with E-state index in [0.29, 0.717) is 6.42 Å². The Morgan fingerprint density at radius 1 is 0.600 bits per heavy atom. The molecule has 60 heavy (non-hydrogen) atoms. The highest BCUT2D eigenvalue weighted by Gasteiger charge is 2.27. The summed E-state index contributed by atoms with van der Waals surface area (Å²) in [6.07, 6.45) is 36.2. The molecule has 344 valence electrons. The van der Waals surface area contributed by atoms with Crippen molar-refractivity contribution in [3.8, 4) is 0 Å². The Hall–Kier alpha value is -2.97. The van der Waals surface area contributed by atoms with E-state index in [0.717, 1.165) is 70.6 Å². The van der Waals surface area contributed by atoms with Crippen LogP contribution in [0, 0.1) is 0 Å². The van der Waals surface area contributed by atoms with E-state index in [9.17, 15) is 39.5 Å². The predicted octanol–water partition coefficient (Wildman–Crippen LogP) is 8.36. The Balaban J connectivity index is 4.68. The normalized spacial score (nSPS) is 16.2. The average molecular weight is 869 g/mol. The van der Waals surface area contributed by atoms with Gasteiger partial charge in [0.25, 0.3) is 0 Å². The third-order valence-electron chi connectivity index (χ3n) is 8.89. The number of rotatable bonds is 39. The molecule has 6 N–H and O–H groups in total. The smallest absolute Gasteiger partial charge is 0.462 e. The summed E-state index contributed by atoms with van der Waals surface area (Å²) in [5.74, 6) is -1.29. The van der Waals surface area contributed by atoms with Crippen LogP contribution in [-0.2, 0) is 32.7 Å². The van der Waals surface area contributed by atoms with E-state index in [2.05, 4.69) is 54.8 Å². The SMILES string of the molecule is CCCCC/C=C\C/C=C\C/C=C\CCCCCCC(=O)O[C@H](COC(=O)CCC[C@@H](O)[C@H](O)/C=C/C=C/C=C\C=C\[C@H](O)CCCCC)COP(=O)(O)OC[C@@H](O)CO. The van der Waals surface area contributed by atoms with E-state index in [1.807, 2.05) is 0 Å². The van der Waals surface area contributed by atoms with Crippen molar-refractivity contribution in [2.75, 3.05) is 26.4 Å². The summed E-state index contributed by atoms with van der Waals surface area (Å²) in [4.78, 5) is 35.0. The predicted molar refractivity (Wildman–Crippen MR) is 237 cm³/mol. The van der Waals surface area contributed by atoms with Gasteiger partial charge in [-0.1, -0.05) is 144 Å². The van der Waals surface area contributed by atoms with Crippen LogP contribution in [-0.4, -0.2) is 99.3 Å². The van der Waals surface area contributed by atoms with Crippen LogP contribution in [0.3, 0.4) is 0 Å². The van der Waals surface area contributed by atoms with Gasteiger partial charge in [-0.2, -0.15) is 0 Å². The number of phosphoric acid groups is 1. The lowest BCUT2D eigenvalue weighted by Gasteiger charge is -2.20. The third kappa shape index (κ3) is 38.0. The van der Waals surface area contributed by atoms with E-state index in [-0.39, 0.29) is 25.7 Å². The van der Waals surface area contributed by atoms with Crippen molar-refractivity contribution in [2.24, 2.45) is 0 Å². The largest absolute Gasteiger partial charge is 0.472 e. The number of ether oxygens (including phenoxy) is 2. The molecule has 0 saturated heterocycles. The Morgan fingerprint density at radius 2 is 1.15 bits per heavy atom. The molecule has 0 bridgehead atoms. The number of unbranched alkanes of at least 4 members (excludes halogenated alkanes) is 9. The fourth-order valence-corrected chi connectivity index (χ4v) is 6.11. The van der Waals surface area contributed by atoms with Gasteiger partial charge in [0, 0.05) is 12.8 Å². The second-order valence-corrected chi connectivity index (χ2v) is 16.0.